The summed E-state index contributed by atoms with van der Waals surface area (Å²) in [5.41, 5.74) is 2.71. The molecule has 0 N–H and O–H groups in total. The number of para-hydroxylation sites is 1. The highest BCUT2D eigenvalue weighted by Gasteiger charge is 2.14. The Morgan fingerprint density at radius 2 is 1.70 bits per heavy atom. The highest BCUT2D eigenvalue weighted by atomic mass is 79.9. The first-order valence-electron chi connectivity index (χ1n) is 11.6. The Morgan fingerprint density at radius 3 is 2.57 bits per heavy atom. The van der Waals surface area contributed by atoms with Crippen LogP contribution in [0.4, 0.5) is 0 Å². The highest BCUT2D eigenvalue weighted by Crippen LogP contribution is 2.29. The third-order valence-corrected chi connectivity index (χ3v) is 8.20. The van der Waals surface area contributed by atoms with Crippen molar-refractivity contribution in [3.05, 3.63) is 70.8 Å². The Kier molecular flexibility index (Phi) is 8.28. The summed E-state index contributed by atoms with van der Waals surface area (Å²) in [7, 11) is 0. The number of aromatic nitrogens is 1. The van der Waals surface area contributed by atoms with Gasteiger partial charge in [-0.3, -0.25) is 0 Å². The Balaban J connectivity index is 1.37. The maximum Gasteiger partial charge on any atom is 0.212 e. The molecule has 1 heterocycles. The van der Waals surface area contributed by atoms with Crippen LogP contribution in [0.2, 0.25) is 0 Å². The maximum absolute atomic E-state index is 3.68. The molecule has 0 atom stereocenters. The number of nitrogens with zero attached hydrogens (tertiary/aromatic N) is 1. The zero-order chi connectivity index (χ0) is 20.6. The molecule has 1 aromatic heterocycles. The van der Waals surface area contributed by atoms with Gasteiger partial charge in [0.05, 0.1) is 4.90 Å². The second-order valence-corrected chi connectivity index (χ2v) is 10.6. The van der Waals surface area contributed by atoms with Gasteiger partial charge in [-0.2, -0.15) is 4.57 Å². The molecule has 0 amide bonds. The van der Waals surface area contributed by atoms with E-state index in [4.69, 9.17) is 0 Å². The van der Waals surface area contributed by atoms with E-state index in [2.05, 4.69) is 81.3 Å². The third-order valence-electron chi connectivity index (χ3n) is 6.42. The lowest BCUT2D eigenvalue weighted by Crippen LogP contribution is -2.34. The van der Waals surface area contributed by atoms with Gasteiger partial charge >= 0.3 is 0 Å². The van der Waals surface area contributed by atoms with Crippen molar-refractivity contribution < 1.29 is 4.57 Å². The molecule has 0 radical (unpaired) electrons. The minimum atomic E-state index is 0.987. The average molecular weight is 484 g/mol. The SMILES string of the molecule is Brc1ccccc1CSc1cc2ccccc2[n+](CCCCCC2CCCCC2)c1. The smallest absolute Gasteiger partial charge is 0.197 e. The Morgan fingerprint density at radius 1 is 0.900 bits per heavy atom. The molecule has 3 heteroatoms. The number of aryl methyl sites for hydroxylation is 1. The summed E-state index contributed by atoms with van der Waals surface area (Å²) >= 11 is 5.61. The van der Waals surface area contributed by atoms with Gasteiger partial charge in [0, 0.05) is 28.1 Å². The van der Waals surface area contributed by atoms with Crippen LogP contribution in [0.25, 0.3) is 10.9 Å². The molecule has 1 aliphatic rings. The normalized spacial score (nSPS) is 15.0. The van der Waals surface area contributed by atoms with Crippen molar-refractivity contribution in [2.24, 2.45) is 5.92 Å². The predicted octanol–water partition coefficient (Wildman–Crippen LogP) is 8.32. The van der Waals surface area contributed by atoms with E-state index < -0.39 is 0 Å². The van der Waals surface area contributed by atoms with Crippen molar-refractivity contribution >= 4 is 38.6 Å². The quantitative estimate of drug-likeness (QED) is 0.168. The second-order valence-electron chi connectivity index (χ2n) is 8.66. The second kappa shape index (κ2) is 11.3. The van der Waals surface area contributed by atoms with Crippen LogP contribution in [-0.2, 0) is 12.3 Å². The van der Waals surface area contributed by atoms with Gasteiger partial charge < -0.3 is 0 Å². The summed E-state index contributed by atoms with van der Waals surface area (Å²) in [5, 5.41) is 1.34. The Labute approximate surface area is 194 Å². The van der Waals surface area contributed by atoms with Crippen LogP contribution in [0.1, 0.15) is 63.4 Å². The van der Waals surface area contributed by atoms with Gasteiger partial charge in [0.2, 0.25) is 5.52 Å². The van der Waals surface area contributed by atoms with Gasteiger partial charge in [-0.1, -0.05) is 91.2 Å². The summed E-state index contributed by atoms with van der Waals surface area (Å²) in [6, 6.07) is 19.7. The molecule has 1 fully saturated rings. The summed E-state index contributed by atoms with van der Waals surface area (Å²) in [4.78, 5) is 1.35. The molecule has 1 aliphatic carbocycles. The molecule has 0 unspecified atom stereocenters. The van der Waals surface area contributed by atoms with Crippen LogP contribution in [0, 0.1) is 5.92 Å². The number of hydrogen-bond acceptors (Lipinski definition) is 1. The molecule has 0 spiro atoms. The van der Waals surface area contributed by atoms with Gasteiger partial charge in [0.25, 0.3) is 0 Å². The summed E-state index contributed by atoms with van der Waals surface area (Å²) < 4.78 is 3.68. The van der Waals surface area contributed by atoms with Crippen LogP contribution >= 0.6 is 27.7 Å². The van der Waals surface area contributed by atoms with Crippen LogP contribution in [0.5, 0.6) is 0 Å². The van der Waals surface area contributed by atoms with Crippen LogP contribution in [0.3, 0.4) is 0 Å². The van der Waals surface area contributed by atoms with Crippen LogP contribution < -0.4 is 4.57 Å². The molecule has 0 aliphatic heterocycles. The van der Waals surface area contributed by atoms with Gasteiger partial charge in [-0.25, -0.2) is 0 Å². The molecule has 0 saturated heterocycles. The predicted molar refractivity (Wildman–Crippen MR) is 133 cm³/mol. The summed E-state index contributed by atoms with van der Waals surface area (Å²) in [6.45, 7) is 1.12. The van der Waals surface area contributed by atoms with E-state index in [1.807, 2.05) is 11.8 Å². The van der Waals surface area contributed by atoms with Crippen LogP contribution in [0.15, 0.2) is 70.2 Å². The number of rotatable bonds is 9. The van der Waals surface area contributed by atoms with Gasteiger partial charge in [-0.15, -0.1) is 11.8 Å². The lowest BCUT2D eigenvalue weighted by molar-refractivity contribution is -0.673. The van der Waals surface area contributed by atoms with E-state index in [1.165, 1.54) is 83.6 Å². The number of hydrogen-bond donors (Lipinski definition) is 0. The van der Waals surface area contributed by atoms with Crippen molar-refractivity contribution in [3.63, 3.8) is 0 Å². The lowest BCUT2D eigenvalue weighted by Gasteiger charge is -2.21. The molecule has 2 aromatic carbocycles. The minimum Gasteiger partial charge on any atom is -0.197 e. The molecule has 158 valence electrons. The average Bonchev–Trinajstić information content (AvgIpc) is 2.79. The zero-order valence-corrected chi connectivity index (χ0v) is 20.3. The molecule has 1 nitrogen and oxygen atoms in total. The van der Waals surface area contributed by atoms with Crippen molar-refractivity contribution in [1.82, 2.24) is 0 Å². The minimum absolute atomic E-state index is 0.987. The number of pyridine rings is 1. The first kappa shape index (κ1) is 21.9. The first-order valence-corrected chi connectivity index (χ1v) is 13.4. The molecular weight excluding hydrogens is 450 g/mol. The Bertz CT molecular complexity index is 949. The fourth-order valence-electron chi connectivity index (χ4n) is 4.69. The van der Waals surface area contributed by atoms with Crippen molar-refractivity contribution in [3.8, 4) is 0 Å². The van der Waals surface area contributed by atoms with Crippen molar-refractivity contribution in [2.75, 3.05) is 0 Å². The zero-order valence-electron chi connectivity index (χ0n) is 17.9. The fourth-order valence-corrected chi connectivity index (χ4v) is 6.29. The van der Waals surface area contributed by atoms with E-state index in [0.717, 1.165) is 18.2 Å². The van der Waals surface area contributed by atoms with E-state index in [1.54, 1.807) is 0 Å². The maximum atomic E-state index is 3.68. The molecule has 0 bridgehead atoms. The molecular formula is C27H33BrNS+. The summed E-state index contributed by atoms with van der Waals surface area (Å²) in [5.74, 6) is 2.01. The Hall–Kier alpha value is -1.32. The topological polar surface area (TPSA) is 3.88 Å². The highest BCUT2D eigenvalue weighted by molar-refractivity contribution is 9.10. The number of fused-ring (bicyclic) bond motifs is 1. The lowest BCUT2D eigenvalue weighted by atomic mass is 9.85. The van der Waals surface area contributed by atoms with Gasteiger partial charge in [0.1, 0.15) is 6.54 Å². The monoisotopic (exact) mass is 482 g/mol. The largest absolute Gasteiger partial charge is 0.212 e. The first-order chi connectivity index (χ1) is 14.8. The van der Waals surface area contributed by atoms with Gasteiger partial charge in [0.15, 0.2) is 6.20 Å². The standard InChI is InChI=1S/C27H33BrNS/c28-26-16-8-6-15-24(26)21-30-25-19-23-14-7-9-17-27(23)29(20-25)18-10-2-5-13-22-11-3-1-4-12-22/h6-9,14-17,19-20,22H,1-5,10-13,18,21H2/q+1. The molecule has 30 heavy (non-hydrogen) atoms. The van der Waals surface area contributed by atoms with Gasteiger partial charge in [-0.05, 0) is 36.1 Å². The third kappa shape index (κ3) is 6.11. The molecule has 1 saturated carbocycles. The molecule has 3 aromatic rings. The van der Waals surface area contributed by atoms with Crippen LogP contribution in [-0.4, -0.2) is 0 Å². The van der Waals surface area contributed by atoms with E-state index >= 15 is 0 Å². The van der Waals surface area contributed by atoms with E-state index in [-0.39, 0.29) is 0 Å². The fraction of sp³-hybridized carbons (Fsp3) is 0.444. The van der Waals surface area contributed by atoms with E-state index in [0.29, 0.717) is 0 Å². The number of benzene rings is 2. The number of halogens is 1. The number of thioether (sulfide) groups is 1. The molecule has 4 rings (SSSR count). The van der Waals surface area contributed by atoms with Crippen molar-refractivity contribution in [2.45, 2.75) is 75.0 Å². The van der Waals surface area contributed by atoms with E-state index in [9.17, 15) is 0 Å². The van der Waals surface area contributed by atoms with Crippen molar-refractivity contribution in [1.29, 1.82) is 0 Å². The number of unbranched alkanes of at least 4 members (excludes halogenated alkanes) is 2. The summed E-state index contributed by atoms with van der Waals surface area (Å²) in [6.07, 6.45) is 15.2.